The number of nitrogens with one attached hydrogen (secondary N) is 1. The number of ether oxygens (including phenoxy) is 4. The summed E-state index contributed by atoms with van der Waals surface area (Å²) in [5.74, 6) is 1.40. The summed E-state index contributed by atoms with van der Waals surface area (Å²) in [4.78, 5) is 27.4. The van der Waals surface area contributed by atoms with E-state index in [4.69, 9.17) is 28.0 Å². The lowest BCUT2D eigenvalue weighted by Gasteiger charge is -2.41. The van der Waals surface area contributed by atoms with Gasteiger partial charge in [0.25, 0.3) is 14.1 Å². The first kappa shape index (κ1) is 39.9. The smallest absolute Gasteiger partial charge is 0.330 e. The second-order valence-electron chi connectivity index (χ2n) is 13.6. The Labute approximate surface area is 312 Å². The van der Waals surface area contributed by atoms with E-state index in [-0.39, 0.29) is 38.1 Å². The minimum atomic E-state index is -1.69. The maximum atomic E-state index is 13.1. The highest BCUT2D eigenvalue weighted by Crippen LogP contribution is 2.53. The van der Waals surface area contributed by atoms with Crippen molar-refractivity contribution < 1.29 is 28.0 Å². The predicted octanol–water partition coefficient (Wildman–Crippen LogP) is 6.90. The van der Waals surface area contributed by atoms with E-state index >= 15 is 0 Å². The van der Waals surface area contributed by atoms with Crippen molar-refractivity contribution in [2.24, 2.45) is 0 Å². The lowest BCUT2D eigenvalue weighted by atomic mass is 9.79. The summed E-state index contributed by atoms with van der Waals surface area (Å²) in [5, 5.41) is 9.31. The van der Waals surface area contributed by atoms with Gasteiger partial charge in [0.1, 0.15) is 35.0 Å². The van der Waals surface area contributed by atoms with Gasteiger partial charge in [-0.1, -0.05) is 54.6 Å². The van der Waals surface area contributed by atoms with Crippen molar-refractivity contribution >= 4 is 8.53 Å². The van der Waals surface area contributed by atoms with Gasteiger partial charge in [-0.2, -0.15) is 5.26 Å². The molecule has 2 heterocycles. The van der Waals surface area contributed by atoms with Crippen LogP contribution in [0.3, 0.4) is 0 Å². The molecule has 12 nitrogen and oxygen atoms in total. The number of hydrogen-bond donors (Lipinski definition) is 1. The fraction of sp³-hybridized carbons (Fsp3) is 0.425. The molecule has 0 spiro atoms. The zero-order valence-electron chi connectivity index (χ0n) is 31.4. The minimum absolute atomic E-state index is 0.00392. The van der Waals surface area contributed by atoms with Crippen LogP contribution in [-0.4, -0.2) is 65.4 Å². The first-order chi connectivity index (χ1) is 25.4. The predicted molar refractivity (Wildman–Crippen MR) is 203 cm³/mol. The summed E-state index contributed by atoms with van der Waals surface area (Å²) in [6.45, 7) is 10.4. The number of aromatic nitrogens is 2. The van der Waals surface area contributed by atoms with E-state index in [2.05, 4.69) is 43.4 Å². The van der Waals surface area contributed by atoms with Gasteiger partial charge < -0.3 is 28.0 Å². The van der Waals surface area contributed by atoms with Gasteiger partial charge in [0, 0.05) is 30.8 Å². The zero-order chi connectivity index (χ0) is 38.2. The second kappa shape index (κ2) is 17.7. The van der Waals surface area contributed by atoms with Crippen molar-refractivity contribution in [1.29, 1.82) is 5.26 Å². The van der Waals surface area contributed by atoms with E-state index in [1.54, 1.807) is 14.2 Å². The second-order valence-corrected chi connectivity index (χ2v) is 15.0. The van der Waals surface area contributed by atoms with Crippen LogP contribution in [0.2, 0.25) is 0 Å². The van der Waals surface area contributed by atoms with E-state index in [1.165, 1.54) is 16.8 Å². The van der Waals surface area contributed by atoms with Crippen LogP contribution in [0.5, 0.6) is 11.5 Å². The summed E-state index contributed by atoms with van der Waals surface area (Å²) in [6.07, 6.45) is 0.430. The normalized spacial score (nSPS) is 19.4. The third kappa shape index (κ3) is 8.90. The monoisotopic (exact) mass is 744 g/mol. The van der Waals surface area contributed by atoms with Crippen LogP contribution in [0.25, 0.3) is 0 Å². The van der Waals surface area contributed by atoms with Gasteiger partial charge in [-0.25, -0.2) is 9.46 Å². The van der Waals surface area contributed by atoms with Gasteiger partial charge in [0.2, 0.25) is 0 Å². The van der Waals surface area contributed by atoms with Gasteiger partial charge >= 0.3 is 5.69 Å². The minimum Gasteiger partial charge on any atom is -0.497 e. The number of benzene rings is 3. The van der Waals surface area contributed by atoms with E-state index in [9.17, 15) is 14.9 Å². The van der Waals surface area contributed by atoms with Crippen LogP contribution < -0.4 is 20.7 Å². The molecule has 13 heteroatoms. The molecule has 1 unspecified atom stereocenters. The number of nitriles is 1. The molecule has 0 amide bonds. The Bertz CT molecular complexity index is 1870. The molecule has 282 valence electrons. The third-order valence-corrected chi connectivity index (χ3v) is 11.4. The van der Waals surface area contributed by atoms with Gasteiger partial charge in [0.15, 0.2) is 0 Å². The fourth-order valence-electron chi connectivity index (χ4n) is 6.70. The van der Waals surface area contributed by atoms with Crippen LogP contribution in [0.15, 0.2) is 101 Å². The maximum Gasteiger partial charge on any atom is 0.330 e. The molecule has 0 radical (unpaired) electrons. The molecular formula is C40H49N4O8P. The first-order valence-electron chi connectivity index (χ1n) is 17.7. The summed E-state index contributed by atoms with van der Waals surface area (Å²) < 4.78 is 41.9. The van der Waals surface area contributed by atoms with E-state index in [0.717, 1.165) is 16.7 Å². The largest absolute Gasteiger partial charge is 0.497 e. The lowest BCUT2D eigenvalue weighted by Crippen LogP contribution is -2.46. The molecule has 3 aromatic carbocycles. The van der Waals surface area contributed by atoms with Crippen molar-refractivity contribution in [2.75, 3.05) is 27.4 Å². The molecule has 53 heavy (non-hydrogen) atoms. The molecule has 4 atom stereocenters. The Morgan fingerprint density at radius 3 is 2.00 bits per heavy atom. The quantitative estimate of drug-likeness (QED) is 0.0691. The van der Waals surface area contributed by atoms with E-state index in [0.29, 0.717) is 11.5 Å². The Kier molecular flexibility index (Phi) is 13.3. The molecule has 1 fully saturated rings. The Balaban J connectivity index is 1.63. The van der Waals surface area contributed by atoms with Crippen molar-refractivity contribution in [3.63, 3.8) is 0 Å². The molecule has 1 aliphatic heterocycles. The molecule has 1 saturated heterocycles. The van der Waals surface area contributed by atoms with Crippen molar-refractivity contribution in [1.82, 2.24) is 14.2 Å². The average molecular weight is 745 g/mol. The van der Waals surface area contributed by atoms with Crippen LogP contribution in [0.1, 0.15) is 70.4 Å². The summed E-state index contributed by atoms with van der Waals surface area (Å²) in [7, 11) is 1.56. The highest BCUT2D eigenvalue weighted by molar-refractivity contribution is 7.44. The van der Waals surface area contributed by atoms with E-state index in [1.807, 2.05) is 85.8 Å². The molecular weight excluding hydrogens is 695 g/mol. The van der Waals surface area contributed by atoms with E-state index < -0.39 is 43.3 Å². The molecule has 4 aromatic rings. The van der Waals surface area contributed by atoms with Crippen LogP contribution >= 0.6 is 8.53 Å². The highest BCUT2D eigenvalue weighted by atomic mass is 31.2. The Hall–Kier alpha value is -4.34. The van der Waals surface area contributed by atoms with Crippen LogP contribution in [0, 0.1) is 11.3 Å². The molecule has 1 aliphatic rings. The average Bonchev–Trinajstić information content (AvgIpc) is 3.47. The summed E-state index contributed by atoms with van der Waals surface area (Å²) >= 11 is 0. The third-order valence-electron chi connectivity index (χ3n) is 9.29. The number of rotatable bonds is 17. The van der Waals surface area contributed by atoms with Gasteiger partial charge in [0.05, 0.1) is 39.9 Å². The fourth-order valence-corrected chi connectivity index (χ4v) is 8.53. The van der Waals surface area contributed by atoms with Crippen molar-refractivity contribution in [3.05, 3.63) is 129 Å². The number of aromatic amines is 1. The highest BCUT2D eigenvalue weighted by Gasteiger charge is 2.52. The molecule has 1 aromatic heterocycles. The number of hydrogen-bond acceptors (Lipinski definition) is 10. The number of methoxy groups -OCH3 is 2. The maximum absolute atomic E-state index is 13.1. The Morgan fingerprint density at radius 2 is 1.49 bits per heavy atom. The molecule has 1 N–H and O–H groups in total. The lowest BCUT2D eigenvalue weighted by molar-refractivity contribution is -0.148. The standard InChI is InChI=1S/C40H49N4O8P/c1-28(2)44(29(3)4)53(50-25-11-23-41)52-35-26-37(43-24-22-36(45)42-38(43)46)51-39(35,5)27-49-40(30-12-9-8-10-13-30,31-14-18-33(47-6)19-15-31)32-16-20-34(48-7)21-17-32/h8-10,12-22,24,28-29,35,37H,11,25-27H2,1-7H3,(H,42,45,46)/t35-,37+,39+,53?/m0/s1. The number of nitrogens with zero attached hydrogens (tertiary/aromatic N) is 3. The summed E-state index contributed by atoms with van der Waals surface area (Å²) in [6, 6.07) is 29.0. The summed E-state index contributed by atoms with van der Waals surface area (Å²) in [5.41, 5.74) is -0.855. The topological polar surface area (TPSA) is 137 Å². The van der Waals surface area contributed by atoms with Crippen LogP contribution in [0.4, 0.5) is 0 Å². The SMILES string of the molecule is COc1ccc(C(OC[C@@]2(C)O[C@@H](n3ccc(=O)[nH]c3=O)C[C@@H]2OP(OCCC#N)N(C(C)C)C(C)C)(c2ccccc2)c2ccc(OC)cc2)cc1. The van der Waals surface area contributed by atoms with Crippen molar-refractivity contribution in [2.45, 2.75) is 83.1 Å². The molecule has 0 bridgehead atoms. The molecule has 0 aliphatic carbocycles. The Morgan fingerprint density at radius 1 is 0.925 bits per heavy atom. The zero-order valence-corrected chi connectivity index (χ0v) is 32.2. The number of H-pyrrole nitrogens is 1. The van der Waals surface area contributed by atoms with Crippen LogP contribution in [-0.2, 0) is 24.1 Å². The van der Waals surface area contributed by atoms with Crippen molar-refractivity contribution in [3.8, 4) is 17.6 Å². The van der Waals surface area contributed by atoms with Gasteiger partial charge in [-0.15, -0.1) is 0 Å². The molecule has 5 rings (SSSR count). The first-order valence-corrected chi connectivity index (χ1v) is 18.8. The molecule has 0 saturated carbocycles. The van der Waals surface area contributed by atoms with Gasteiger partial charge in [-0.05, 0) is 75.6 Å². The van der Waals surface area contributed by atoms with Gasteiger partial charge in [-0.3, -0.25) is 14.3 Å².